The summed E-state index contributed by atoms with van der Waals surface area (Å²) in [4.78, 5) is 2.55. The van der Waals surface area contributed by atoms with Gasteiger partial charge in [0.25, 0.3) is 0 Å². The second-order valence-corrected chi connectivity index (χ2v) is 6.27. The Kier molecular flexibility index (Phi) is 4.32. The Morgan fingerprint density at radius 3 is 2.32 bits per heavy atom. The molecule has 0 bridgehead atoms. The fourth-order valence-corrected chi connectivity index (χ4v) is 3.38. The van der Waals surface area contributed by atoms with E-state index in [4.69, 9.17) is 0 Å². The average molecular weight is 289 g/mol. The molecule has 1 fully saturated rings. The molecule has 1 aliphatic rings. The molecule has 0 spiro atoms. The third-order valence-electron chi connectivity index (χ3n) is 4.70. The summed E-state index contributed by atoms with van der Waals surface area (Å²) >= 11 is 0. The van der Waals surface area contributed by atoms with E-state index in [-0.39, 0.29) is 5.54 Å². The van der Waals surface area contributed by atoms with Gasteiger partial charge in [0, 0.05) is 18.2 Å². The summed E-state index contributed by atoms with van der Waals surface area (Å²) in [6.07, 6.45) is 2.36. The van der Waals surface area contributed by atoms with Crippen molar-refractivity contribution in [2.24, 2.45) is 0 Å². The van der Waals surface area contributed by atoms with Crippen LogP contribution in [0.25, 0.3) is 0 Å². The smallest absolute Gasteiger partial charge is 0.0806 e. The number of rotatable bonds is 2. The molecule has 0 N–H and O–H groups in total. The minimum Gasteiger partial charge on any atom is -0.281 e. The highest BCUT2D eigenvalue weighted by Gasteiger charge is 2.38. The minimum absolute atomic E-state index is 0.0366. The van der Waals surface area contributed by atoms with Crippen molar-refractivity contribution in [1.29, 1.82) is 0 Å². The third kappa shape index (κ3) is 3.08. The largest absolute Gasteiger partial charge is 0.281 e. The van der Waals surface area contributed by atoms with Crippen molar-refractivity contribution in [3.8, 4) is 11.8 Å². The van der Waals surface area contributed by atoms with Crippen molar-refractivity contribution in [1.82, 2.24) is 4.90 Å². The zero-order valence-corrected chi connectivity index (χ0v) is 13.4. The maximum Gasteiger partial charge on any atom is 0.0806 e. The molecule has 1 heterocycles. The Hall–Kier alpha value is -2.04. The van der Waals surface area contributed by atoms with E-state index in [1.54, 1.807) is 0 Å². The van der Waals surface area contributed by atoms with Crippen LogP contribution in [-0.2, 0) is 0 Å². The number of hydrogen-bond donors (Lipinski definition) is 0. The van der Waals surface area contributed by atoms with E-state index in [9.17, 15) is 0 Å². The molecule has 0 amide bonds. The molecule has 3 rings (SSSR count). The molecule has 2 aromatic rings. The molecular formula is C21H23N. The van der Waals surface area contributed by atoms with Gasteiger partial charge < -0.3 is 0 Å². The van der Waals surface area contributed by atoms with Crippen LogP contribution in [0.2, 0.25) is 0 Å². The van der Waals surface area contributed by atoms with Gasteiger partial charge in [-0.05, 0) is 44.4 Å². The van der Waals surface area contributed by atoms with Gasteiger partial charge in [0.1, 0.15) is 0 Å². The van der Waals surface area contributed by atoms with Crippen molar-refractivity contribution in [3.05, 3.63) is 71.8 Å². The number of hydrogen-bond acceptors (Lipinski definition) is 1. The molecule has 2 aromatic carbocycles. The normalized spacial score (nSPS) is 22.8. The highest BCUT2D eigenvalue weighted by Crippen LogP contribution is 2.36. The SMILES string of the molecule is C[C@@H](c1ccccc1)N1CCCC1(C)C#Cc1ccccc1. The van der Waals surface area contributed by atoms with Gasteiger partial charge >= 0.3 is 0 Å². The van der Waals surface area contributed by atoms with E-state index in [1.807, 2.05) is 18.2 Å². The van der Waals surface area contributed by atoms with Crippen LogP contribution in [-0.4, -0.2) is 17.0 Å². The van der Waals surface area contributed by atoms with Crippen LogP contribution in [0, 0.1) is 11.8 Å². The Labute approximate surface area is 134 Å². The van der Waals surface area contributed by atoms with E-state index in [1.165, 1.54) is 12.0 Å². The first-order valence-electron chi connectivity index (χ1n) is 8.09. The standard InChI is InChI=1S/C21H23N/c1-18(20-12-7-4-8-13-20)22-17-9-15-21(22,2)16-14-19-10-5-3-6-11-19/h3-8,10-13,18H,9,15,17H2,1-2H3/t18-,21?/m0/s1. The third-order valence-corrected chi connectivity index (χ3v) is 4.70. The van der Waals surface area contributed by atoms with Crippen LogP contribution >= 0.6 is 0 Å². The lowest BCUT2D eigenvalue weighted by Crippen LogP contribution is -2.41. The Morgan fingerprint density at radius 1 is 1.00 bits per heavy atom. The van der Waals surface area contributed by atoms with Crippen LogP contribution in [0.1, 0.15) is 43.9 Å². The number of nitrogens with zero attached hydrogens (tertiary/aromatic N) is 1. The summed E-state index contributed by atoms with van der Waals surface area (Å²) in [6.45, 7) is 5.70. The summed E-state index contributed by atoms with van der Waals surface area (Å²) in [7, 11) is 0. The van der Waals surface area contributed by atoms with Gasteiger partial charge in [-0.25, -0.2) is 0 Å². The van der Waals surface area contributed by atoms with Crippen molar-refractivity contribution in [3.63, 3.8) is 0 Å². The van der Waals surface area contributed by atoms with E-state index in [2.05, 4.69) is 73.1 Å². The monoisotopic (exact) mass is 289 g/mol. The van der Waals surface area contributed by atoms with Crippen molar-refractivity contribution >= 4 is 0 Å². The maximum atomic E-state index is 3.55. The molecule has 1 nitrogen and oxygen atoms in total. The summed E-state index contributed by atoms with van der Waals surface area (Å²) in [5.41, 5.74) is 2.44. The summed E-state index contributed by atoms with van der Waals surface area (Å²) in [5.74, 6) is 6.92. The molecule has 0 aliphatic carbocycles. The summed E-state index contributed by atoms with van der Waals surface area (Å²) in [6, 6.07) is 21.4. The number of benzene rings is 2. The van der Waals surface area contributed by atoms with Gasteiger partial charge in [0.15, 0.2) is 0 Å². The zero-order chi connectivity index (χ0) is 15.4. The predicted octanol–water partition coefficient (Wildman–Crippen LogP) is 4.65. The predicted molar refractivity (Wildman–Crippen MR) is 92.5 cm³/mol. The van der Waals surface area contributed by atoms with Crippen molar-refractivity contribution in [2.75, 3.05) is 6.54 Å². The van der Waals surface area contributed by atoms with Gasteiger partial charge in [-0.3, -0.25) is 4.90 Å². The molecule has 0 saturated carbocycles. The van der Waals surface area contributed by atoms with Crippen LogP contribution < -0.4 is 0 Å². The van der Waals surface area contributed by atoms with Crippen LogP contribution in [0.15, 0.2) is 60.7 Å². The van der Waals surface area contributed by atoms with Crippen molar-refractivity contribution in [2.45, 2.75) is 38.3 Å². The van der Waals surface area contributed by atoms with Gasteiger partial charge in [0.2, 0.25) is 0 Å². The van der Waals surface area contributed by atoms with Crippen LogP contribution in [0.5, 0.6) is 0 Å². The lowest BCUT2D eigenvalue weighted by molar-refractivity contribution is 0.156. The van der Waals surface area contributed by atoms with Gasteiger partial charge in [-0.1, -0.05) is 60.4 Å². The highest BCUT2D eigenvalue weighted by atomic mass is 15.2. The minimum atomic E-state index is -0.0366. The number of likely N-dealkylation sites (tertiary alicyclic amines) is 1. The molecule has 22 heavy (non-hydrogen) atoms. The fourth-order valence-electron chi connectivity index (χ4n) is 3.38. The Morgan fingerprint density at radius 2 is 1.64 bits per heavy atom. The second kappa shape index (κ2) is 6.38. The van der Waals surface area contributed by atoms with Gasteiger partial charge in [0.05, 0.1) is 5.54 Å². The zero-order valence-electron chi connectivity index (χ0n) is 13.4. The van der Waals surface area contributed by atoms with E-state index < -0.39 is 0 Å². The lowest BCUT2D eigenvalue weighted by atomic mass is 9.96. The van der Waals surface area contributed by atoms with Gasteiger partial charge in [-0.2, -0.15) is 0 Å². The quantitative estimate of drug-likeness (QED) is 0.727. The highest BCUT2D eigenvalue weighted by molar-refractivity contribution is 5.37. The first-order valence-corrected chi connectivity index (χ1v) is 8.09. The van der Waals surface area contributed by atoms with Crippen LogP contribution in [0.3, 0.4) is 0 Å². The molecule has 112 valence electrons. The summed E-state index contributed by atoms with van der Waals surface area (Å²) < 4.78 is 0. The molecular weight excluding hydrogens is 266 g/mol. The molecule has 1 heteroatoms. The van der Waals surface area contributed by atoms with Crippen LogP contribution in [0.4, 0.5) is 0 Å². The van der Waals surface area contributed by atoms with Crippen molar-refractivity contribution < 1.29 is 0 Å². The van der Waals surface area contributed by atoms with E-state index in [0.29, 0.717) is 6.04 Å². The lowest BCUT2D eigenvalue weighted by Gasteiger charge is -2.36. The molecule has 1 aliphatic heterocycles. The maximum absolute atomic E-state index is 3.55. The fraction of sp³-hybridized carbons (Fsp3) is 0.333. The molecule has 1 saturated heterocycles. The average Bonchev–Trinajstić information content (AvgIpc) is 2.96. The second-order valence-electron chi connectivity index (χ2n) is 6.27. The molecule has 1 unspecified atom stereocenters. The summed E-state index contributed by atoms with van der Waals surface area (Å²) in [5, 5.41) is 0. The first kappa shape index (κ1) is 14.9. The Balaban J connectivity index is 1.85. The first-order chi connectivity index (χ1) is 10.7. The molecule has 0 radical (unpaired) electrons. The van der Waals surface area contributed by atoms with Gasteiger partial charge in [-0.15, -0.1) is 0 Å². The Bertz CT molecular complexity index is 665. The topological polar surface area (TPSA) is 3.24 Å². The molecule has 2 atom stereocenters. The van der Waals surface area contributed by atoms with E-state index in [0.717, 1.165) is 18.5 Å². The van der Waals surface area contributed by atoms with E-state index >= 15 is 0 Å². The molecule has 0 aromatic heterocycles.